The second kappa shape index (κ2) is 5.20. The fraction of sp³-hybridized carbons (Fsp3) is 0.900. The second-order valence-electron chi connectivity index (χ2n) is 4.08. The van der Waals surface area contributed by atoms with Crippen LogP contribution in [0.2, 0.25) is 0 Å². The minimum Gasteiger partial charge on any atom is -0.350 e. The molecule has 0 aliphatic heterocycles. The third-order valence-corrected chi connectivity index (χ3v) is 3.03. The van der Waals surface area contributed by atoms with Crippen molar-refractivity contribution in [3.05, 3.63) is 0 Å². The first kappa shape index (κ1) is 11.3. The van der Waals surface area contributed by atoms with Crippen LogP contribution in [0.1, 0.15) is 45.4 Å². The molecule has 1 aliphatic carbocycles. The van der Waals surface area contributed by atoms with Gasteiger partial charge in [0, 0.05) is 12.6 Å². The summed E-state index contributed by atoms with van der Waals surface area (Å²) in [6.07, 6.45) is 7.51. The van der Waals surface area contributed by atoms with E-state index in [0.29, 0.717) is 5.96 Å². The number of nitrogens with zero attached hydrogens (tertiary/aromatic N) is 1. The molecule has 1 aliphatic rings. The molecule has 1 fully saturated rings. The molecular weight excluding hydrogens is 176 g/mol. The van der Waals surface area contributed by atoms with E-state index < -0.39 is 0 Å². The van der Waals surface area contributed by atoms with Crippen LogP contribution >= 0.6 is 0 Å². The van der Waals surface area contributed by atoms with Crippen molar-refractivity contribution in [3.63, 3.8) is 0 Å². The van der Waals surface area contributed by atoms with E-state index in [-0.39, 0.29) is 5.54 Å². The van der Waals surface area contributed by atoms with E-state index in [1.807, 2.05) is 0 Å². The number of hydrogen-bond donors (Lipinski definition) is 3. The zero-order valence-corrected chi connectivity index (χ0v) is 9.27. The van der Waals surface area contributed by atoms with Crippen LogP contribution in [0, 0.1) is 0 Å². The number of guanidine groups is 1. The lowest BCUT2D eigenvalue weighted by molar-refractivity contribution is 0.353. The molecule has 1 saturated carbocycles. The molecule has 0 saturated heterocycles. The van der Waals surface area contributed by atoms with Crippen molar-refractivity contribution in [2.75, 3.05) is 7.05 Å². The largest absolute Gasteiger partial charge is 0.350 e. The first-order valence-corrected chi connectivity index (χ1v) is 5.48. The van der Waals surface area contributed by atoms with Gasteiger partial charge in [-0.2, -0.15) is 0 Å². The molecule has 0 spiro atoms. The van der Waals surface area contributed by atoms with Crippen molar-refractivity contribution in [3.8, 4) is 0 Å². The molecule has 4 heteroatoms. The molecule has 0 aromatic heterocycles. The maximum Gasteiger partial charge on any atom is 0.205 e. The summed E-state index contributed by atoms with van der Waals surface area (Å²) < 4.78 is 0. The molecule has 0 amide bonds. The minimum atomic E-state index is 0.246. The van der Waals surface area contributed by atoms with Crippen LogP contribution in [0.4, 0.5) is 0 Å². The topological polar surface area (TPSA) is 62.4 Å². The number of rotatable bonds is 3. The third kappa shape index (κ3) is 2.61. The van der Waals surface area contributed by atoms with E-state index >= 15 is 0 Å². The number of nitrogens with one attached hydrogen (secondary N) is 2. The van der Waals surface area contributed by atoms with Gasteiger partial charge in [0.1, 0.15) is 0 Å². The summed E-state index contributed by atoms with van der Waals surface area (Å²) in [6, 6.07) is 0. The normalized spacial score (nSPS) is 20.9. The molecular formula is C10H22N4. The molecule has 82 valence electrons. The lowest BCUT2D eigenvalue weighted by atomic mass is 9.92. The average Bonchev–Trinajstić information content (AvgIpc) is 2.64. The van der Waals surface area contributed by atoms with Gasteiger partial charge in [-0.1, -0.05) is 26.2 Å². The summed E-state index contributed by atoms with van der Waals surface area (Å²) in [5.74, 6) is 6.08. The Morgan fingerprint density at radius 2 is 2.07 bits per heavy atom. The van der Waals surface area contributed by atoms with Crippen LogP contribution in [0.15, 0.2) is 4.99 Å². The summed E-state index contributed by atoms with van der Waals surface area (Å²) in [5.41, 5.74) is 2.85. The molecule has 0 aromatic carbocycles. The van der Waals surface area contributed by atoms with Crippen molar-refractivity contribution in [2.45, 2.75) is 51.0 Å². The molecule has 1 rings (SSSR count). The Morgan fingerprint density at radius 3 is 2.50 bits per heavy atom. The van der Waals surface area contributed by atoms with Crippen LogP contribution in [0.25, 0.3) is 0 Å². The fourth-order valence-electron chi connectivity index (χ4n) is 2.38. The predicted molar refractivity (Wildman–Crippen MR) is 59.9 cm³/mol. The molecule has 0 radical (unpaired) electrons. The van der Waals surface area contributed by atoms with Crippen LogP contribution in [0.5, 0.6) is 0 Å². The van der Waals surface area contributed by atoms with Gasteiger partial charge in [0.05, 0.1) is 0 Å². The first-order valence-electron chi connectivity index (χ1n) is 5.48. The SMILES string of the molecule is CCCC1(NC(=NC)NN)CCCC1. The number of hydrazine groups is 1. The van der Waals surface area contributed by atoms with Gasteiger partial charge in [-0.05, 0) is 19.3 Å². The third-order valence-electron chi connectivity index (χ3n) is 3.03. The zero-order chi connectivity index (χ0) is 10.4. The summed E-state index contributed by atoms with van der Waals surface area (Å²) >= 11 is 0. The van der Waals surface area contributed by atoms with Crippen LogP contribution in [-0.2, 0) is 0 Å². The van der Waals surface area contributed by atoms with Crippen molar-refractivity contribution < 1.29 is 0 Å². The molecule has 0 heterocycles. The average molecular weight is 198 g/mol. The van der Waals surface area contributed by atoms with Gasteiger partial charge < -0.3 is 5.32 Å². The quantitative estimate of drug-likeness (QED) is 0.276. The van der Waals surface area contributed by atoms with Gasteiger partial charge in [-0.3, -0.25) is 10.4 Å². The van der Waals surface area contributed by atoms with Crippen molar-refractivity contribution in [1.82, 2.24) is 10.7 Å². The molecule has 4 nitrogen and oxygen atoms in total. The van der Waals surface area contributed by atoms with E-state index in [2.05, 4.69) is 22.7 Å². The number of nitrogens with two attached hydrogens (primary N) is 1. The van der Waals surface area contributed by atoms with Gasteiger partial charge in [0.15, 0.2) is 0 Å². The van der Waals surface area contributed by atoms with Gasteiger partial charge in [0.25, 0.3) is 0 Å². The van der Waals surface area contributed by atoms with E-state index in [4.69, 9.17) is 5.84 Å². The molecule has 0 bridgehead atoms. The van der Waals surface area contributed by atoms with Gasteiger partial charge >= 0.3 is 0 Å². The molecule has 0 unspecified atom stereocenters. The predicted octanol–water partition coefficient (Wildman–Crippen LogP) is 1.14. The summed E-state index contributed by atoms with van der Waals surface area (Å²) in [6.45, 7) is 2.22. The summed E-state index contributed by atoms with van der Waals surface area (Å²) in [4.78, 5) is 4.07. The molecule has 0 aromatic rings. The highest BCUT2D eigenvalue weighted by atomic mass is 15.3. The summed E-state index contributed by atoms with van der Waals surface area (Å²) in [5, 5.41) is 3.44. The van der Waals surface area contributed by atoms with Crippen molar-refractivity contribution in [1.29, 1.82) is 0 Å². The molecule has 14 heavy (non-hydrogen) atoms. The summed E-state index contributed by atoms with van der Waals surface area (Å²) in [7, 11) is 1.75. The Balaban J connectivity index is 2.59. The number of hydrogen-bond acceptors (Lipinski definition) is 2. The van der Waals surface area contributed by atoms with Gasteiger partial charge in [-0.15, -0.1) is 0 Å². The fourth-order valence-corrected chi connectivity index (χ4v) is 2.38. The molecule has 4 N–H and O–H groups in total. The highest BCUT2D eigenvalue weighted by Gasteiger charge is 2.33. The van der Waals surface area contributed by atoms with E-state index in [9.17, 15) is 0 Å². The highest BCUT2D eigenvalue weighted by molar-refractivity contribution is 5.79. The van der Waals surface area contributed by atoms with E-state index in [0.717, 1.165) is 0 Å². The second-order valence-corrected chi connectivity index (χ2v) is 4.08. The maximum atomic E-state index is 5.37. The Bertz CT molecular complexity index is 194. The van der Waals surface area contributed by atoms with E-state index in [1.165, 1.54) is 38.5 Å². The maximum absolute atomic E-state index is 5.37. The van der Waals surface area contributed by atoms with Crippen LogP contribution in [0.3, 0.4) is 0 Å². The lowest BCUT2D eigenvalue weighted by Gasteiger charge is -2.31. The minimum absolute atomic E-state index is 0.246. The lowest BCUT2D eigenvalue weighted by Crippen LogP contribution is -2.53. The standard InChI is InChI=1S/C10H22N4/c1-3-6-10(7-4-5-8-10)13-9(12-2)14-11/h3-8,11H2,1-2H3,(H2,12,13,14). The Kier molecular flexibility index (Phi) is 4.20. The zero-order valence-electron chi connectivity index (χ0n) is 9.27. The smallest absolute Gasteiger partial charge is 0.205 e. The molecule has 0 atom stereocenters. The Hall–Kier alpha value is -0.770. The van der Waals surface area contributed by atoms with Crippen LogP contribution < -0.4 is 16.6 Å². The van der Waals surface area contributed by atoms with Crippen LogP contribution in [-0.4, -0.2) is 18.5 Å². The number of aliphatic imine (C=N–C) groups is 1. The van der Waals surface area contributed by atoms with Crippen molar-refractivity contribution >= 4 is 5.96 Å². The van der Waals surface area contributed by atoms with Crippen molar-refractivity contribution in [2.24, 2.45) is 10.8 Å². The monoisotopic (exact) mass is 198 g/mol. The Labute approximate surface area is 86.3 Å². The highest BCUT2D eigenvalue weighted by Crippen LogP contribution is 2.33. The van der Waals surface area contributed by atoms with Gasteiger partial charge in [0.2, 0.25) is 5.96 Å². The Morgan fingerprint density at radius 1 is 1.43 bits per heavy atom. The first-order chi connectivity index (χ1) is 6.76. The van der Waals surface area contributed by atoms with E-state index in [1.54, 1.807) is 7.05 Å². The van der Waals surface area contributed by atoms with Gasteiger partial charge in [-0.25, -0.2) is 5.84 Å².